The lowest BCUT2D eigenvalue weighted by Gasteiger charge is -2.17. The van der Waals surface area contributed by atoms with E-state index in [2.05, 4.69) is 467 Å². The molecule has 574 valence electrons. The van der Waals surface area contributed by atoms with Crippen molar-refractivity contribution in [1.29, 1.82) is 0 Å². The second kappa shape index (κ2) is 27.6. The summed E-state index contributed by atoms with van der Waals surface area (Å²) in [5, 5.41) is 24.8. The van der Waals surface area contributed by atoms with Gasteiger partial charge >= 0.3 is 0 Å². The molecule has 4 aromatic heterocycles. The lowest BCUT2D eigenvalue weighted by Crippen LogP contribution is -1.94. The second-order valence-electron chi connectivity index (χ2n) is 33.4. The molecule has 0 aliphatic rings. The van der Waals surface area contributed by atoms with Gasteiger partial charge in [-0.2, -0.15) is 0 Å². The van der Waals surface area contributed by atoms with E-state index in [9.17, 15) is 0 Å². The van der Waals surface area contributed by atoms with Gasteiger partial charge in [0, 0.05) is 65.8 Å². The van der Waals surface area contributed by atoms with E-state index >= 15 is 0 Å². The quantitative estimate of drug-likeness (QED) is 0.115. The van der Waals surface area contributed by atoms with E-state index in [4.69, 9.17) is 0 Å². The number of aromatic nitrogens is 4. The fraction of sp³-hybridized carbons (Fsp3) is 0. The molecule has 0 amide bonds. The second-order valence-corrected chi connectivity index (χ2v) is 33.4. The van der Waals surface area contributed by atoms with E-state index in [1.54, 1.807) is 0 Å². The molecule has 0 spiro atoms. The minimum absolute atomic E-state index is 1.11. The Labute approximate surface area is 714 Å². The van der Waals surface area contributed by atoms with Gasteiger partial charge in [0.2, 0.25) is 0 Å². The van der Waals surface area contributed by atoms with Crippen LogP contribution in [0.15, 0.2) is 449 Å². The molecule has 0 unspecified atom stereocenters. The van der Waals surface area contributed by atoms with E-state index in [0.29, 0.717) is 0 Å². The summed E-state index contributed by atoms with van der Waals surface area (Å²) < 4.78 is 9.71. The average molecular weight is 1570 g/mol. The van der Waals surface area contributed by atoms with Gasteiger partial charge in [-0.05, 0) is 300 Å². The van der Waals surface area contributed by atoms with Gasteiger partial charge in [-0.3, -0.25) is 0 Å². The highest BCUT2D eigenvalue weighted by Gasteiger charge is 2.24. The average Bonchev–Trinajstić information content (AvgIpc) is 1.25. The zero-order valence-electron chi connectivity index (χ0n) is 67.5. The van der Waals surface area contributed by atoms with E-state index in [1.165, 1.54) is 163 Å². The normalized spacial score (nSPS) is 12.0. The fourth-order valence-electron chi connectivity index (χ4n) is 21.0. The third-order valence-electron chi connectivity index (χ3n) is 26.6. The summed E-state index contributed by atoms with van der Waals surface area (Å²) in [5.74, 6) is 0. The van der Waals surface area contributed by atoms with Crippen LogP contribution in [0.3, 0.4) is 0 Å². The van der Waals surface area contributed by atoms with Crippen LogP contribution in [0.2, 0.25) is 0 Å². The van der Waals surface area contributed by atoms with Crippen LogP contribution < -0.4 is 0 Å². The van der Waals surface area contributed by atoms with E-state index < -0.39 is 0 Å². The Kier molecular flexibility index (Phi) is 15.5. The topological polar surface area (TPSA) is 19.7 Å². The fourth-order valence-corrected chi connectivity index (χ4v) is 21.0. The molecule has 0 saturated carbocycles. The van der Waals surface area contributed by atoms with Crippen molar-refractivity contribution in [3.8, 4) is 101 Å². The van der Waals surface area contributed by atoms with Crippen LogP contribution in [0, 0.1) is 0 Å². The molecule has 4 heterocycles. The predicted octanol–water partition coefficient (Wildman–Crippen LogP) is 32.7. The van der Waals surface area contributed by atoms with Crippen molar-refractivity contribution in [1.82, 2.24) is 18.3 Å². The number of benzene rings is 22. The zero-order chi connectivity index (χ0) is 81.2. The van der Waals surface area contributed by atoms with Gasteiger partial charge in [0.25, 0.3) is 0 Å². The Bertz CT molecular complexity index is 8730. The summed E-state index contributed by atoms with van der Waals surface area (Å²) in [4.78, 5) is 0. The number of nitrogens with zero attached hydrogens (tertiary/aromatic N) is 4. The summed E-state index contributed by atoms with van der Waals surface area (Å²) in [6.45, 7) is 0. The molecule has 26 rings (SSSR count). The maximum absolute atomic E-state index is 2.45. The van der Waals surface area contributed by atoms with E-state index in [0.717, 1.165) is 89.4 Å². The van der Waals surface area contributed by atoms with Crippen LogP contribution in [0.5, 0.6) is 0 Å². The Morgan fingerprint density at radius 2 is 0.339 bits per heavy atom. The van der Waals surface area contributed by atoms with Gasteiger partial charge in [0.05, 0.1) is 44.1 Å². The van der Waals surface area contributed by atoms with Gasteiger partial charge < -0.3 is 18.3 Å². The molecule has 0 N–H and O–H groups in total. The summed E-state index contributed by atoms with van der Waals surface area (Å²) in [7, 11) is 0. The number of para-hydroxylation sites is 7. The molecule has 22 aromatic carbocycles. The first-order chi connectivity index (χ1) is 61.5. The van der Waals surface area contributed by atoms with Gasteiger partial charge in [-0.1, -0.05) is 291 Å². The van der Waals surface area contributed by atoms with Gasteiger partial charge in [0.1, 0.15) is 0 Å². The summed E-state index contributed by atoms with van der Waals surface area (Å²) in [6, 6.07) is 168. The molecule has 0 radical (unpaired) electrons. The Morgan fingerprint density at radius 3 is 0.734 bits per heavy atom. The highest BCUT2D eigenvalue weighted by Crippen LogP contribution is 2.48. The number of fused-ring (bicyclic) bond motifs is 24. The van der Waals surface area contributed by atoms with E-state index in [1.807, 2.05) is 0 Å². The van der Waals surface area contributed by atoms with Crippen LogP contribution in [0.1, 0.15) is 0 Å². The first-order valence-electron chi connectivity index (χ1n) is 42.9. The molecule has 26 aromatic rings. The molecule has 124 heavy (non-hydrogen) atoms. The SMILES string of the molecule is c1ccc(-n2c3ccccc3c3cc(-c4cc(-c5ccc6c(c5)c5ccccc5n6-c5ccc(-c6ccc7c8ccc(-c9cc(-c%10ccc%11c%12ccccc%12n(-c%12ccccc%12)c%11c%10)cc(-c%10ccc%11c%12ccccc%12n(-c%12ccccc%12)c%11c%10)c9)cc8c8ccccc8c7c6)cc5)cc(-c5cccc6c7ccccc7c7ccccc7c56)c4)ccc32)cc1. The molecule has 4 heteroatoms. The monoisotopic (exact) mass is 1570 g/mol. The van der Waals surface area contributed by atoms with Crippen LogP contribution in [-0.4, -0.2) is 18.3 Å². The Balaban J connectivity index is 0.581. The summed E-state index contributed by atoms with van der Waals surface area (Å²) >= 11 is 0. The van der Waals surface area contributed by atoms with Crippen molar-refractivity contribution in [2.75, 3.05) is 0 Å². The molecule has 0 bridgehead atoms. The minimum Gasteiger partial charge on any atom is -0.309 e. The van der Waals surface area contributed by atoms with Crippen molar-refractivity contribution >= 4 is 152 Å². The predicted molar refractivity (Wildman–Crippen MR) is 527 cm³/mol. The maximum Gasteiger partial charge on any atom is 0.0547 e. The molecule has 4 nitrogen and oxygen atoms in total. The molecule has 0 aliphatic heterocycles. The third-order valence-corrected chi connectivity index (χ3v) is 26.6. The largest absolute Gasteiger partial charge is 0.309 e. The molecule has 0 saturated heterocycles. The number of hydrogen-bond donors (Lipinski definition) is 0. The first-order valence-corrected chi connectivity index (χ1v) is 42.9. The zero-order valence-corrected chi connectivity index (χ0v) is 67.5. The molecular weight excluding hydrogens is 1500 g/mol. The number of hydrogen-bond acceptors (Lipinski definition) is 0. The number of rotatable bonds is 11. The van der Waals surface area contributed by atoms with Crippen LogP contribution in [0.25, 0.3) is 252 Å². The van der Waals surface area contributed by atoms with Gasteiger partial charge in [-0.15, -0.1) is 0 Å². The van der Waals surface area contributed by atoms with Crippen LogP contribution in [0.4, 0.5) is 0 Å². The van der Waals surface area contributed by atoms with Crippen molar-refractivity contribution in [2.24, 2.45) is 0 Å². The maximum atomic E-state index is 2.45. The first kappa shape index (κ1) is 69.5. The Hall–Kier alpha value is -16.4. The summed E-state index contributed by atoms with van der Waals surface area (Å²) in [5.41, 5.74) is 30.3. The molecule has 0 atom stereocenters. The van der Waals surface area contributed by atoms with Crippen LogP contribution in [-0.2, 0) is 0 Å². The van der Waals surface area contributed by atoms with Crippen molar-refractivity contribution in [3.05, 3.63) is 449 Å². The third kappa shape index (κ3) is 10.8. The summed E-state index contributed by atoms with van der Waals surface area (Å²) in [6.07, 6.45) is 0. The van der Waals surface area contributed by atoms with Gasteiger partial charge in [-0.25, -0.2) is 0 Å². The van der Waals surface area contributed by atoms with Crippen LogP contribution >= 0.6 is 0 Å². The molecular formula is C120H74N4. The minimum atomic E-state index is 1.11. The Morgan fingerprint density at radius 1 is 0.105 bits per heavy atom. The molecule has 0 aliphatic carbocycles. The lowest BCUT2D eigenvalue weighted by molar-refractivity contribution is 1.18. The standard InChI is InChI=1S/C120H74N4/c1-4-25-88(26-5-1)121-114-45-22-18-38-102(114)110-71-78(53-61-116(110)121)85-66-86(68-87(67-85)92-41-24-42-107-95-32-11-10-31-93(95)94-33-14-15-40-106(94)120(92)107)79-54-62-117-111(72-79)103-39-19-23-46-115(103)122(117)91-55-47-75(48-56-91)76-49-57-98-99-58-50-77(70-109(99)97-35-13-12-34-96(97)108(98)69-76)82-63-83(80-51-59-104-100-36-16-20-43-112(100)123(118(104)73-80)89-27-6-2-7-28-89)65-84(64-82)81-52-60-105-101-37-17-21-44-113(101)124(119(105)74-81)90-29-8-3-9-30-90/h1-74H. The van der Waals surface area contributed by atoms with Crippen molar-refractivity contribution in [2.45, 2.75) is 0 Å². The van der Waals surface area contributed by atoms with Gasteiger partial charge in [0.15, 0.2) is 0 Å². The van der Waals surface area contributed by atoms with E-state index in [-0.39, 0.29) is 0 Å². The highest BCUT2D eigenvalue weighted by atomic mass is 15.0. The lowest BCUT2D eigenvalue weighted by atomic mass is 9.87. The van der Waals surface area contributed by atoms with Crippen molar-refractivity contribution in [3.63, 3.8) is 0 Å². The smallest absolute Gasteiger partial charge is 0.0547 e. The van der Waals surface area contributed by atoms with Crippen molar-refractivity contribution < 1.29 is 0 Å². The molecule has 0 fully saturated rings. The highest BCUT2D eigenvalue weighted by molar-refractivity contribution is 6.30.